The Morgan fingerprint density at radius 1 is 1.19 bits per heavy atom. The van der Waals surface area contributed by atoms with Crippen molar-refractivity contribution in [3.8, 4) is 0 Å². The standard InChI is InChI=1S/C24H31N3O5/c1-23(2)9-15-10-24(3,12-23)13-27(15)21(22(31)32)17-11-25-18-8-14(4-5-16(17)18)26-19(28)6-7-20(29)30/h4-5,8,11,15,21,25H,6-7,9-10,12-13H2,1-3H3,(H,26,28)(H,29,30)(H,31,32)/t15-,21+,24-/m0/s1. The zero-order chi connectivity index (χ0) is 23.3. The van der Waals surface area contributed by atoms with Crippen molar-refractivity contribution in [1.82, 2.24) is 9.88 Å². The van der Waals surface area contributed by atoms with Crippen molar-refractivity contribution < 1.29 is 24.6 Å². The number of carbonyl (C=O) groups excluding carboxylic acids is 1. The third-order valence-corrected chi connectivity index (χ3v) is 6.88. The van der Waals surface area contributed by atoms with Crippen molar-refractivity contribution in [3.05, 3.63) is 30.0 Å². The first kappa shape index (κ1) is 22.3. The topological polar surface area (TPSA) is 123 Å². The second kappa shape index (κ2) is 7.92. The number of nitrogens with zero attached hydrogens (tertiary/aromatic N) is 1. The summed E-state index contributed by atoms with van der Waals surface area (Å²) in [5.41, 5.74) is 2.32. The second-order valence-corrected chi connectivity index (χ2v) is 10.6. The monoisotopic (exact) mass is 441 g/mol. The maximum Gasteiger partial charge on any atom is 0.325 e. The molecule has 2 bridgehead atoms. The number of likely N-dealkylation sites (tertiary alicyclic amines) is 1. The molecule has 2 aromatic rings. The molecule has 8 heteroatoms. The summed E-state index contributed by atoms with van der Waals surface area (Å²) in [6.45, 7) is 7.58. The van der Waals surface area contributed by atoms with Crippen molar-refractivity contribution in [1.29, 1.82) is 0 Å². The van der Waals surface area contributed by atoms with Crippen LogP contribution in [0.15, 0.2) is 24.4 Å². The van der Waals surface area contributed by atoms with E-state index in [0.717, 1.165) is 42.3 Å². The molecule has 1 saturated carbocycles. The molecular weight excluding hydrogens is 410 g/mol. The normalized spacial score (nSPS) is 25.5. The molecule has 0 radical (unpaired) electrons. The van der Waals surface area contributed by atoms with Crippen LogP contribution in [-0.4, -0.2) is 50.5 Å². The van der Waals surface area contributed by atoms with E-state index in [2.05, 4.69) is 36.0 Å². The van der Waals surface area contributed by atoms with Crippen molar-refractivity contribution in [2.45, 2.75) is 65.0 Å². The van der Waals surface area contributed by atoms with E-state index in [0.29, 0.717) is 5.69 Å². The molecule has 172 valence electrons. The fourth-order valence-electron chi connectivity index (χ4n) is 6.16. The van der Waals surface area contributed by atoms with Gasteiger partial charge in [-0.3, -0.25) is 19.3 Å². The number of benzene rings is 1. The maximum absolute atomic E-state index is 12.5. The minimum Gasteiger partial charge on any atom is -0.481 e. The van der Waals surface area contributed by atoms with E-state index in [4.69, 9.17) is 5.11 Å². The Hall–Kier alpha value is -2.87. The molecule has 4 rings (SSSR count). The Balaban J connectivity index is 1.60. The fraction of sp³-hybridized carbons (Fsp3) is 0.542. The van der Waals surface area contributed by atoms with Crippen LogP contribution in [0.1, 0.15) is 64.5 Å². The summed E-state index contributed by atoms with van der Waals surface area (Å²) in [6, 6.07) is 4.80. The van der Waals surface area contributed by atoms with Gasteiger partial charge < -0.3 is 20.5 Å². The van der Waals surface area contributed by atoms with Crippen LogP contribution in [-0.2, 0) is 14.4 Å². The van der Waals surface area contributed by atoms with Gasteiger partial charge in [0.1, 0.15) is 6.04 Å². The number of hydrogen-bond acceptors (Lipinski definition) is 4. The summed E-state index contributed by atoms with van der Waals surface area (Å²) in [5.74, 6) is -2.25. The lowest BCUT2D eigenvalue weighted by atomic mass is 9.65. The molecule has 0 spiro atoms. The molecule has 1 aromatic heterocycles. The minimum atomic E-state index is -1.02. The Labute approximate surface area is 187 Å². The number of hydrogen-bond donors (Lipinski definition) is 4. The van der Waals surface area contributed by atoms with Gasteiger partial charge in [-0.15, -0.1) is 0 Å². The maximum atomic E-state index is 12.5. The van der Waals surface area contributed by atoms with Gasteiger partial charge in [-0.2, -0.15) is 0 Å². The van der Waals surface area contributed by atoms with Crippen LogP contribution < -0.4 is 5.32 Å². The molecule has 8 nitrogen and oxygen atoms in total. The van der Waals surface area contributed by atoms with Crippen molar-refractivity contribution >= 4 is 34.4 Å². The predicted octanol–water partition coefficient (Wildman–Crippen LogP) is 4.00. The van der Waals surface area contributed by atoms with Crippen molar-refractivity contribution in [3.63, 3.8) is 0 Å². The summed E-state index contributed by atoms with van der Waals surface area (Å²) in [7, 11) is 0. The molecule has 2 fully saturated rings. The predicted molar refractivity (Wildman–Crippen MR) is 120 cm³/mol. The van der Waals surface area contributed by atoms with E-state index in [1.54, 1.807) is 18.3 Å². The largest absolute Gasteiger partial charge is 0.481 e. The summed E-state index contributed by atoms with van der Waals surface area (Å²) in [5, 5.41) is 22.5. The Kier molecular flexibility index (Phi) is 5.53. The van der Waals surface area contributed by atoms with E-state index in [1.165, 1.54) is 0 Å². The minimum absolute atomic E-state index is 0.101. The highest BCUT2D eigenvalue weighted by Gasteiger charge is 2.52. The molecule has 2 aliphatic rings. The van der Waals surface area contributed by atoms with Crippen LogP contribution >= 0.6 is 0 Å². The molecule has 1 aliphatic carbocycles. The molecule has 1 aliphatic heterocycles. The zero-order valence-electron chi connectivity index (χ0n) is 18.8. The van der Waals surface area contributed by atoms with E-state index >= 15 is 0 Å². The summed E-state index contributed by atoms with van der Waals surface area (Å²) >= 11 is 0. The average Bonchev–Trinajstić information content (AvgIpc) is 3.17. The highest BCUT2D eigenvalue weighted by atomic mass is 16.4. The van der Waals surface area contributed by atoms with Crippen LogP contribution in [0.5, 0.6) is 0 Å². The first-order valence-electron chi connectivity index (χ1n) is 11.1. The molecule has 0 unspecified atom stereocenters. The van der Waals surface area contributed by atoms with E-state index in [-0.39, 0.29) is 35.6 Å². The lowest BCUT2D eigenvalue weighted by Crippen LogP contribution is -2.39. The van der Waals surface area contributed by atoms with Crippen LogP contribution in [0.3, 0.4) is 0 Å². The third kappa shape index (κ3) is 4.37. The number of anilines is 1. The van der Waals surface area contributed by atoms with Crippen molar-refractivity contribution in [2.24, 2.45) is 10.8 Å². The molecule has 1 amide bonds. The number of aromatic amines is 1. The number of fused-ring (bicyclic) bond motifs is 3. The van der Waals surface area contributed by atoms with Gasteiger partial charge in [-0.05, 0) is 42.2 Å². The number of aromatic nitrogens is 1. The first-order valence-corrected chi connectivity index (χ1v) is 11.1. The van der Waals surface area contributed by atoms with Gasteiger partial charge in [0.15, 0.2) is 0 Å². The van der Waals surface area contributed by atoms with Gasteiger partial charge in [0.25, 0.3) is 0 Å². The van der Waals surface area contributed by atoms with Crippen LogP contribution in [0.4, 0.5) is 5.69 Å². The number of aliphatic carboxylic acids is 2. The molecule has 1 aromatic carbocycles. The van der Waals surface area contributed by atoms with Gasteiger partial charge in [0, 0.05) is 47.4 Å². The zero-order valence-corrected chi connectivity index (χ0v) is 18.8. The van der Waals surface area contributed by atoms with Gasteiger partial charge >= 0.3 is 11.9 Å². The fourth-order valence-corrected chi connectivity index (χ4v) is 6.16. The molecule has 32 heavy (non-hydrogen) atoms. The van der Waals surface area contributed by atoms with Crippen LogP contribution in [0, 0.1) is 10.8 Å². The van der Waals surface area contributed by atoms with Crippen LogP contribution in [0.2, 0.25) is 0 Å². The highest BCUT2D eigenvalue weighted by Crippen LogP contribution is 2.54. The van der Waals surface area contributed by atoms with Gasteiger partial charge in [0.05, 0.1) is 6.42 Å². The van der Waals surface area contributed by atoms with Gasteiger partial charge in [-0.25, -0.2) is 0 Å². The number of carbonyl (C=O) groups is 3. The van der Waals surface area contributed by atoms with E-state index in [9.17, 15) is 19.5 Å². The Morgan fingerprint density at radius 3 is 2.62 bits per heavy atom. The summed E-state index contributed by atoms with van der Waals surface area (Å²) in [6.07, 6.45) is 4.54. The first-order chi connectivity index (χ1) is 15.0. The van der Waals surface area contributed by atoms with E-state index < -0.39 is 18.0 Å². The average molecular weight is 442 g/mol. The Morgan fingerprint density at radius 2 is 1.94 bits per heavy atom. The van der Waals surface area contributed by atoms with Gasteiger partial charge in [0.2, 0.25) is 5.91 Å². The SMILES string of the molecule is CC1(C)C[C@H]2C[C@](C)(CN2[C@@H](C(=O)O)c2c[nH]c3cc(NC(=O)CCC(=O)O)ccc23)C1. The van der Waals surface area contributed by atoms with Crippen molar-refractivity contribution in [2.75, 3.05) is 11.9 Å². The Bertz CT molecular complexity index is 1070. The second-order valence-electron chi connectivity index (χ2n) is 10.6. The molecule has 2 heterocycles. The quantitative estimate of drug-likeness (QED) is 0.515. The van der Waals surface area contributed by atoms with Gasteiger partial charge in [-0.1, -0.05) is 26.8 Å². The highest BCUT2D eigenvalue weighted by molar-refractivity contribution is 5.96. The summed E-state index contributed by atoms with van der Waals surface area (Å²) in [4.78, 5) is 40.4. The lowest BCUT2D eigenvalue weighted by Gasteiger charge is -2.40. The lowest BCUT2D eigenvalue weighted by molar-refractivity contribution is -0.144. The van der Waals surface area contributed by atoms with Crippen LogP contribution in [0.25, 0.3) is 10.9 Å². The number of carboxylic acid groups (broad SMARTS) is 2. The molecular formula is C24H31N3O5. The smallest absolute Gasteiger partial charge is 0.325 e. The number of rotatable bonds is 7. The number of carboxylic acids is 2. The molecule has 4 N–H and O–H groups in total. The molecule has 1 saturated heterocycles. The number of amides is 1. The summed E-state index contributed by atoms with van der Waals surface area (Å²) < 4.78 is 0. The molecule has 3 atom stereocenters. The number of H-pyrrole nitrogens is 1. The number of nitrogens with one attached hydrogen (secondary N) is 2. The third-order valence-electron chi connectivity index (χ3n) is 6.88. The van der Waals surface area contributed by atoms with E-state index in [1.807, 2.05) is 6.07 Å².